The number of ether oxygens (including phenoxy) is 4. The minimum Gasteiger partial charge on any atom is -0.458 e. The van der Waals surface area contributed by atoms with Gasteiger partial charge in [-0.05, 0) is 54.0 Å². The largest absolute Gasteiger partial charge is 0.494 e. The van der Waals surface area contributed by atoms with E-state index in [1.165, 1.54) is 0 Å². The molecule has 0 N–H and O–H groups in total. The fourth-order valence-corrected chi connectivity index (χ4v) is 5.42. The Morgan fingerprint density at radius 3 is 1.08 bits per heavy atom. The number of esters is 4. The maximum Gasteiger partial charge on any atom is 0.494 e. The van der Waals surface area contributed by atoms with Gasteiger partial charge in [-0.15, -0.1) is 0 Å². The van der Waals surface area contributed by atoms with Crippen LogP contribution in [0.1, 0.15) is 41.4 Å². The molecule has 4 atom stereocenters. The van der Waals surface area contributed by atoms with Crippen molar-refractivity contribution in [2.75, 3.05) is 13.2 Å². The Hall–Kier alpha value is -6.04. The minimum atomic E-state index is -1.27. The lowest BCUT2D eigenvalue weighted by Crippen LogP contribution is -2.49. The van der Waals surface area contributed by atoms with Crippen LogP contribution < -0.4 is 5.46 Å². The van der Waals surface area contributed by atoms with Gasteiger partial charge in [0.05, 0.1) is 22.3 Å². The number of hydrogen-bond acceptors (Lipinski definition) is 10. The smallest absolute Gasteiger partial charge is 0.458 e. The van der Waals surface area contributed by atoms with Crippen LogP contribution in [0, 0.1) is 0 Å². The van der Waals surface area contributed by atoms with Gasteiger partial charge in [0.1, 0.15) is 25.4 Å². The van der Waals surface area contributed by atoms with E-state index in [1.54, 1.807) is 146 Å². The number of rotatable bonds is 13. The number of hydrogen-bond donors (Lipinski definition) is 0. The standard InChI is InChI=1S/C40H33BO10/c42-37(28-16-6-1-7-17-28)46-26-33(48-39(44)30-20-10-3-11-21-30)35-36(51-41(50-35)32-24-14-5-15-25-32)34(49-40(45)31-22-12-4-13-23-31)27-47-38(43)29-18-8-2-9-19-29/h1-25,33-36H,26-27H2. The zero-order valence-corrected chi connectivity index (χ0v) is 27.3. The predicted octanol–water partition coefficient (Wildman–Crippen LogP) is 5.33. The molecule has 0 amide bonds. The Balaban J connectivity index is 1.34. The van der Waals surface area contributed by atoms with Crippen molar-refractivity contribution in [1.82, 2.24) is 0 Å². The zero-order chi connectivity index (χ0) is 35.4. The van der Waals surface area contributed by atoms with Gasteiger partial charge >= 0.3 is 31.0 Å². The first-order chi connectivity index (χ1) is 25.0. The molecule has 4 unspecified atom stereocenters. The van der Waals surface area contributed by atoms with E-state index in [0.717, 1.165) is 0 Å². The molecule has 0 aromatic heterocycles. The highest BCUT2D eigenvalue weighted by Crippen LogP contribution is 2.28. The van der Waals surface area contributed by atoms with Crippen molar-refractivity contribution < 1.29 is 47.4 Å². The van der Waals surface area contributed by atoms with Crippen LogP contribution in [0.3, 0.4) is 0 Å². The molecule has 51 heavy (non-hydrogen) atoms. The van der Waals surface area contributed by atoms with Crippen LogP contribution in [0.2, 0.25) is 0 Å². The second kappa shape index (κ2) is 17.1. The Kier molecular flexibility index (Phi) is 11.6. The van der Waals surface area contributed by atoms with Gasteiger partial charge in [-0.2, -0.15) is 0 Å². The first-order valence-corrected chi connectivity index (χ1v) is 16.3. The van der Waals surface area contributed by atoms with Gasteiger partial charge in [-0.1, -0.05) is 103 Å². The number of carbonyl (C=O) groups excluding carboxylic acids is 4. The van der Waals surface area contributed by atoms with E-state index in [2.05, 4.69) is 0 Å². The van der Waals surface area contributed by atoms with E-state index >= 15 is 0 Å². The molecule has 5 aromatic rings. The fraction of sp³-hybridized carbons (Fsp3) is 0.150. The van der Waals surface area contributed by atoms with Crippen LogP contribution in [0.5, 0.6) is 0 Å². The summed E-state index contributed by atoms with van der Waals surface area (Å²) in [6.07, 6.45) is -4.91. The quantitative estimate of drug-likeness (QED) is 0.0914. The molecule has 1 saturated heterocycles. The molecule has 0 aliphatic carbocycles. The molecule has 1 aliphatic rings. The molecule has 11 heteroatoms. The molecule has 1 heterocycles. The lowest BCUT2D eigenvalue weighted by atomic mass is 9.79. The Morgan fingerprint density at radius 2 is 0.745 bits per heavy atom. The van der Waals surface area contributed by atoms with Crippen molar-refractivity contribution >= 4 is 36.5 Å². The van der Waals surface area contributed by atoms with Crippen molar-refractivity contribution in [3.63, 3.8) is 0 Å². The molecule has 5 aromatic carbocycles. The van der Waals surface area contributed by atoms with Gasteiger partial charge in [0.25, 0.3) is 0 Å². The van der Waals surface area contributed by atoms with Gasteiger partial charge in [0.2, 0.25) is 0 Å². The number of carbonyl (C=O) groups is 4. The molecule has 1 fully saturated rings. The molecule has 0 spiro atoms. The second-order valence-corrected chi connectivity index (χ2v) is 11.5. The van der Waals surface area contributed by atoms with E-state index in [9.17, 15) is 19.2 Å². The van der Waals surface area contributed by atoms with Gasteiger partial charge in [0, 0.05) is 0 Å². The van der Waals surface area contributed by atoms with Crippen molar-refractivity contribution in [3.05, 3.63) is 174 Å². The summed E-state index contributed by atoms with van der Waals surface area (Å²) >= 11 is 0. The van der Waals surface area contributed by atoms with Crippen molar-refractivity contribution in [2.24, 2.45) is 0 Å². The molecule has 0 saturated carbocycles. The summed E-state index contributed by atoms with van der Waals surface area (Å²) in [4.78, 5) is 53.1. The summed E-state index contributed by atoms with van der Waals surface area (Å²) in [5, 5.41) is 0. The summed E-state index contributed by atoms with van der Waals surface area (Å²) < 4.78 is 36.2. The highest BCUT2D eigenvalue weighted by molar-refractivity contribution is 6.61. The molecular weight excluding hydrogens is 651 g/mol. The molecule has 0 bridgehead atoms. The van der Waals surface area contributed by atoms with Gasteiger partial charge in [0.15, 0.2) is 12.2 Å². The minimum absolute atomic E-state index is 0.246. The normalized spacial score (nSPS) is 16.4. The highest BCUT2D eigenvalue weighted by Gasteiger charge is 2.51. The monoisotopic (exact) mass is 684 g/mol. The van der Waals surface area contributed by atoms with Crippen LogP contribution in [0.4, 0.5) is 0 Å². The van der Waals surface area contributed by atoms with Gasteiger partial charge in [-0.25, -0.2) is 19.2 Å². The van der Waals surface area contributed by atoms with Crippen LogP contribution in [-0.2, 0) is 28.3 Å². The second-order valence-electron chi connectivity index (χ2n) is 11.5. The first kappa shape index (κ1) is 34.8. The topological polar surface area (TPSA) is 124 Å². The third-order valence-corrected chi connectivity index (χ3v) is 8.00. The summed E-state index contributed by atoms with van der Waals surface area (Å²) in [6, 6.07) is 42.3. The SMILES string of the molecule is O=C(OCC(OC(=O)c1ccccc1)C1OB(c2ccccc2)OC1C(COC(=O)c1ccccc1)OC(=O)c1ccccc1)c1ccccc1. The van der Waals surface area contributed by atoms with Gasteiger partial charge in [-0.3, -0.25) is 0 Å². The van der Waals surface area contributed by atoms with Crippen LogP contribution in [-0.4, -0.2) is 68.6 Å². The third kappa shape index (κ3) is 9.15. The Labute approximate surface area is 295 Å². The maximum absolute atomic E-state index is 13.5. The highest BCUT2D eigenvalue weighted by atomic mass is 16.7. The molecule has 256 valence electrons. The lowest BCUT2D eigenvalue weighted by Gasteiger charge is -2.31. The lowest BCUT2D eigenvalue weighted by molar-refractivity contribution is -0.0839. The fourth-order valence-electron chi connectivity index (χ4n) is 5.42. The van der Waals surface area contributed by atoms with E-state index in [0.29, 0.717) is 5.46 Å². The molecular formula is C40H33BO10. The average Bonchev–Trinajstić information content (AvgIpc) is 3.64. The van der Waals surface area contributed by atoms with E-state index < -0.39 is 68.6 Å². The van der Waals surface area contributed by atoms with E-state index in [4.69, 9.17) is 28.3 Å². The van der Waals surface area contributed by atoms with Gasteiger partial charge < -0.3 is 28.3 Å². The Bertz CT molecular complexity index is 1770. The first-order valence-electron chi connectivity index (χ1n) is 16.3. The van der Waals surface area contributed by atoms with Crippen LogP contribution in [0.15, 0.2) is 152 Å². The molecule has 10 nitrogen and oxygen atoms in total. The van der Waals surface area contributed by atoms with Crippen molar-refractivity contribution in [3.8, 4) is 0 Å². The third-order valence-electron chi connectivity index (χ3n) is 8.00. The predicted molar refractivity (Wildman–Crippen MR) is 186 cm³/mol. The zero-order valence-electron chi connectivity index (χ0n) is 27.3. The summed E-state index contributed by atoms with van der Waals surface area (Å²) in [5.74, 6) is -2.74. The van der Waals surface area contributed by atoms with Crippen molar-refractivity contribution in [1.29, 1.82) is 0 Å². The average molecular weight is 685 g/mol. The maximum atomic E-state index is 13.5. The van der Waals surface area contributed by atoms with Crippen LogP contribution in [0.25, 0.3) is 0 Å². The molecule has 6 rings (SSSR count). The van der Waals surface area contributed by atoms with Crippen LogP contribution >= 0.6 is 0 Å². The summed E-state index contributed by atoms with van der Waals surface area (Å²) in [5.41, 5.74) is 1.69. The Morgan fingerprint density at radius 1 is 0.451 bits per heavy atom. The van der Waals surface area contributed by atoms with E-state index in [1.807, 2.05) is 6.07 Å². The van der Waals surface area contributed by atoms with E-state index in [-0.39, 0.29) is 22.3 Å². The van der Waals surface area contributed by atoms with Crippen molar-refractivity contribution in [2.45, 2.75) is 24.4 Å². The molecule has 1 aliphatic heterocycles. The summed E-state index contributed by atoms with van der Waals surface area (Å²) in [7, 11) is -1.02. The number of benzene rings is 5. The molecule has 0 radical (unpaired) electrons. The summed E-state index contributed by atoms with van der Waals surface area (Å²) in [6.45, 7) is -0.886.